The van der Waals surface area contributed by atoms with Crippen LogP contribution in [0, 0.1) is 0 Å². The van der Waals surface area contributed by atoms with E-state index in [0.29, 0.717) is 18.3 Å². The fourth-order valence-electron chi connectivity index (χ4n) is 1.67. The van der Waals surface area contributed by atoms with Crippen molar-refractivity contribution in [2.75, 3.05) is 20.8 Å². The molecule has 0 atom stereocenters. The number of nitrogens with zero attached hydrogens (tertiary/aromatic N) is 3. The van der Waals surface area contributed by atoms with Crippen molar-refractivity contribution < 1.29 is 9.47 Å². The summed E-state index contributed by atoms with van der Waals surface area (Å²) in [4.78, 5) is 12.4. The van der Waals surface area contributed by atoms with E-state index in [4.69, 9.17) is 9.47 Å². The summed E-state index contributed by atoms with van der Waals surface area (Å²) in [7, 11) is 3.17. The molecule has 2 rings (SSSR count). The molecule has 0 aromatic carbocycles. The molecular formula is C12H16N4O2S. The van der Waals surface area contributed by atoms with E-state index in [1.165, 1.54) is 6.33 Å². The average Bonchev–Trinajstić information content (AvgIpc) is 2.96. The highest BCUT2D eigenvalue weighted by Gasteiger charge is 2.12. The SMILES string of the molecule is COc1ncnc(OC)c1CNCCc1nccs1. The molecule has 0 aliphatic rings. The first-order chi connectivity index (χ1) is 9.35. The summed E-state index contributed by atoms with van der Waals surface area (Å²) >= 11 is 1.66. The second-order valence-corrected chi connectivity index (χ2v) is 4.70. The summed E-state index contributed by atoms with van der Waals surface area (Å²) in [5, 5.41) is 6.42. The zero-order valence-electron chi connectivity index (χ0n) is 10.9. The van der Waals surface area contributed by atoms with Gasteiger partial charge in [-0.25, -0.2) is 15.0 Å². The molecule has 2 aromatic heterocycles. The number of hydrogen-bond donors (Lipinski definition) is 1. The lowest BCUT2D eigenvalue weighted by atomic mass is 10.3. The summed E-state index contributed by atoms with van der Waals surface area (Å²) in [6.07, 6.45) is 4.14. The molecule has 0 amide bonds. The van der Waals surface area contributed by atoms with Crippen LogP contribution in [0.5, 0.6) is 11.8 Å². The van der Waals surface area contributed by atoms with Crippen molar-refractivity contribution in [3.63, 3.8) is 0 Å². The number of rotatable bonds is 7. The summed E-state index contributed by atoms with van der Waals surface area (Å²) < 4.78 is 10.4. The van der Waals surface area contributed by atoms with E-state index in [0.717, 1.165) is 23.5 Å². The van der Waals surface area contributed by atoms with Gasteiger partial charge in [0.15, 0.2) is 0 Å². The maximum atomic E-state index is 5.21. The molecule has 0 unspecified atom stereocenters. The highest BCUT2D eigenvalue weighted by Crippen LogP contribution is 2.22. The van der Waals surface area contributed by atoms with E-state index in [1.807, 2.05) is 11.6 Å². The highest BCUT2D eigenvalue weighted by atomic mass is 32.1. The zero-order chi connectivity index (χ0) is 13.5. The predicted molar refractivity (Wildman–Crippen MR) is 72.7 cm³/mol. The molecule has 1 N–H and O–H groups in total. The minimum Gasteiger partial charge on any atom is -0.481 e. The number of thiazole rings is 1. The van der Waals surface area contributed by atoms with Gasteiger partial charge >= 0.3 is 0 Å². The molecule has 7 heteroatoms. The van der Waals surface area contributed by atoms with Crippen LogP contribution in [0.2, 0.25) is 0 Å². The van der Waals surface area contributed by atoms with Gasteiger partial charge in [0, 0.05) is 31.1 Å². The lowest BCUT2D eigenvalue weighted by Crippen LogP contribution is -2.18. The zero-order valence-corrected chi connectivity index (χ0v) is 11.7. The molecule has 2 heterocycles. The first-order valence-electron chi connectivity index (χ1n) is 5.86. The molecule has 0 aliphatic heterocycles. The Balaban J connectivity index is 1.91. The Morgan fingerprint density at radius 3 is 2.47 bits per heavy atom. The summed E-state index contributed by atoms with van der Waals surface area (Å²) in [6, 6.07) is 0. The highest BCUT2D eigenvalue weighted by molar-refractivity contribution is 7.09. The van der Waals surface area contributed by atoms with Gasteiger partial charge in [0.1, 0.15) is 6.33 Å². The van der Waals surface area contributed by atoms with Gasteiger partial charge in [0.25, 0.3) is 0 Å². The molecule has 0 spiro atoms. The van der Waals surface area contributed by atoms with Crippen molar-refractivity contribution in [3.8, 4) is 11.8 Å². The molecule has 0 fully saturated rings. The largest absolute Gasteiger partial charge is 0.481 e. The van der Waals surface area contributed by atoms with Crippen molar-refractivity contribution in [1.29, 1.82) is 0 Å². The number of nitrogens with one attached hydrogen (secondary N) is 1. The minimum atomic E-state index is 0.536. The molecule has 0 bridgehead atoms. The lowest BCUT2D eigenvalue weighted by molar-refractivity contribution is 0.359. The quantitative estimate of drug-likeness (QED) is 0.771. The van der Waals surface area contributed by atoms with E-state index >= 15 is 0 Å². The third kappa shape index (κ3) is 3.62. The van der Waals surface area contributed by atoms with E-state index in [1.54, 1.807) is 25.6 Å². The maximum Gasteiger partial charge on any atom is 0.224 e. The van der Waals surface area contributed by atoms with Crippen LogP contribution in [0.1, 0.15) is 10.6 Å². The van der Waals surface area contributed by atoms with Crippen LogP contribution in [-0.2, 0) is 13.0 Å². The normalized spacial score (nSPS) is 10.4. The Bertz CT molecular complexity index is 482. The fraction of sp³-hybridized carbons (Fsp3) is 0.417. The summed E-state index contributed by atoms with van der Waals surface area (Å²) in [5.41, 5.74) is 0.826. The topological polar surface area (TPSA) is 69.2 Å². The standard InChI is InChI=1S/C12H16N4O2S/c1-17-11-9(12(18-2)16-8-15-11)7-13-4-3-10-14-5-6-19-10/h5-6,8,13H,3-4,7H2,1-2H3. The van der Waals surface area contributed by atoms with Crippen LogP contribution in [0.25, 0.3) is 0 Å². The van der Waals surface area contributed by atoms with Gasteiger partial charge in [-0.3, -0.25) is 0 Å². The predicted octanol–water partition coefficient (Wildman–Crippen LogP) is 1.28. The summed E-state index contributed by atoms with van der Waals surface area (Å²) in [6.45, 7) is 1.42. The van der Waals surface area contributed by atoms with Crippen molar-refractivity contribution in [1.82, 2.24) is 20.3 Å². The monoisotopic (exact) mass is 280 g/mol. The Hall–Kier alpha value is -1.73. The van der Waals surface area contributed by atoms with E-state index in [2.05, 4.69) is 20.3 Å². The Labute approximate surface area is 115 Å². The Kier molecular flexibility index (Phi) is 5.05. The van der Waals surface area contributed by atoms with Gasteiger partial charge < -0.3 is 14.8 Å². The lowest BCUT2D eigenvalue weighted by Gasteiger charge is -2.11. The third-order valence-electron chi connectivity index (χ3n) is 2.55. The number of hydrogen-bond acceptors (Lipinski definition) is 7. The second-order valence-electron chi connectivity index (χ2n) is 3.72. The first-order valence-corrected chi connectivity index (χ1v) is 6.74. The van der Waals surface area contributed by atoms with Crippen molar-refractivity contribution in [3.05, 3.63) is 28.5 Å². The van der Waals surface area contributed by atoms with Crippen LogP contribution in [0.4, 0.5) is 0 Å². The van der Waals surface area contributed by atoms with Gasteiger partial charge in [-0.1, -0.05) is 0 Å². The second kappa shape index (κ2) is 7.01. The number of aromatic nitrogens is 3. The molecular weight excluding hydrogens is 264 g/mol. The van der Waals surface area contributed by atoms with E-state index in [9.17, 15) is 0 Å². The summed E-state index contributed by atoms with van der Waals surface area (Å²) in [5.74, 6) is 1.07. The molecule has 6 nitrogen and oxygen atoms in total. The van der Waals surface area contributed by atoms with Gasteiger partial charge in [-0.15, -0.1) is 11.3 Å². The van der Waals surface area contributed by atoms with Gasteiger partial charge in [0.05, 0.1) is 24.8 Å². The van der Waals surface area contributed by atoms with Crippen molar-refractivity contribution >= 4 is 11.3 Å². The molecule has 0 radical (unpaired) electrons. The van der Waals surface area contributed by atoms with Crippen molar-refractivity contribution in [2.24, 2.45) is 0 Å². The van der Waals surface area contributed by atoms with Gasteiger partial charge in [-0.05, 0) is 0 Å². The molecule has 2 aromatic rings. The van der Waals surface area contributed by atoms with Crippen molar-refractivity contribution in [2.45, 2.75) is 13.0 Å². The maximum absolute atomic E-state index is 5.21. The van der Waals surface area contributed by atoms with Gasteiger partial charge in [-0.2, -0.15) is 0 Å². The average molecular weight is 280 g/mol. The molecule has 0 saturated carbocycles. The fourth-order valence-corrected chi connectivity index (χ4v) is 2.29. The van der Waals surface area contributed by atoms with Crippen LogP contribution in [-0.4, -0.2) is 35.7 Å². The van der Waals surface area contributed by atoms with Gasteiger partial charge in [0.2, 0.25) is 11.8 Å². The van der Waals surface area contributed by atoms with Crippen LogP contribution >= 0.6 is 11.3 Å². The number of methoxy groups -OCH3 is 2. The smallest absolute Gasteiger partial charge is 0.224 e. The van der Waals surface area contributed by atoms with Crippen LogP contribution in [0.3, 0.4) is 0 Å². The first kappa shape index (κ1) is 13.7. The third-order valence-corrected chi connectivity index (χ3v) is 3.39. The van der Waals surface area contributed by atoms with E-state index in [-0.39, 0.29) is 0 Å². The minimum absolute atomic E-state index is 0.536. The number of ether oxygens (including phenoxy) is 2. The molecule has 0 aliphatic carbocycles. The Morgan fingerprint density at radius 2 is 1.89 bits per heavy atom. The molecule has 102 valence electrons. The molecule has 0 saturated heterocycles. The molecule has 19 heavy (non-hydrogen) atoms. The van der Waals surface area contributed by atoms with Crippen LogP contribution in [0.15, 0.2) is 17.9 Å². The Morgan fingerprint density at radius 1 is 1.16 bits per heavy atom. The van der Waals surface area contributed by atoms with Crippen LogP contribution < -0.4 is 14.8 Å². The van der Waals surface area contributed by atoms with E-state index < -0.39 is 0 Å².